The zero-order valence-corrected chi connectivity index (χ0v) is 22.4. The topological polar surface area (TPSA) is 57.2 Å². The lowest BCUT2D eigenvalue weighted by Gasteiger charge is -2.32. The van der Waals surface area contributed by atoms with Gasteiger partial charge in [-0.2, -0.15) is 0 Å². The molecular weight excluding hydrogens is 478 g/mol. The van der Waals surface area contributed by atoms with E-state index in [1.54, 1.807) is 0 Å². The van der Waals surface area contributed by atoms with Crippen molar-refractivity contribution in [1.29, 1.82) is 0 Å². The van der Waals surface area contributed by atoms with Crippen LogP contribution in [-0.2, 0) is 11.2 Å². The highest BCUT2D eigenvalue weighted by Crippen LogP contribution is 2.34. The average Bonchev–Trinajstić information content (AvgIpc) is 3.42. The van der Waals surface area contributed by atoms with Crippen molar-refractivity contribution in [3.8, 4) is 34.1 Å². The number of carbonyl (C=O) groups excluding carboxylic acids is 1. The molecule has 2 heterocycles. The maximum Gasteiger partial charge on any atom is 0.260 e. The molecule has 0 spiro atoms. The Hall–Kier alpha value is -3.67. The van der Waals surface area contributed by atoms with Gasteiger partial charge in [-0.15, -0.1) is 0 Å². The second-order valence-electron chi connectivity index (χ2n) is 10.6. The van der Waals surface area contributed by atoms with Crippen LogP contribution in [0.1, 0.15) is 38.7 Å². The number of aryl methyl sites for hydroxylation is 1. The molecule has 200 valence electrons. The Labute approximate surface area is 225 Å². The fraction of sp³-hybridized carbons (Fsp3) is 0.406. The Morgan fingerprint density at radius 3 is 2.61 bits per heavy atom. The first-order valence-electron chi connectivity index (χ1n) is 13.7. The molecule has 0 bridgehead atoms. The number of piperidine rings is 1. The van der Waals surface area contributed by atoms with Gasteiger partial charge in [0.15, 0.2) is 18.1 Å². The number of benzene rings is 3. The van der Waals surface area contributed by atoms with Crippen LogP contribution in [0.3, 0.4) is 0 Å². The predicted octanol–water partition coefficient (Wildman–Crippen LogP) is 6.37. The van der Waals surface area contributed by atoms with E-state index in [2.05, 4.69) is 26.0 Å². The first-order chi connectivity index (χ1) is 18.5. The normalized spacial score (nSPS) is 15.1. The van der Waals surface area contributed by atoms with Crippen LogP contribution in [0.2, 0.25) is 0 Å². The molecule has 0 aromatic heterocycles. The van der Waals surface area contributed by atoms with Crippen LogP contribution in [0.4, 0.5) is 0 Å². The molecule has 0 N–H and O–H groups in total. The highest BCUT2D eigenvalue weighted by atomic mass is 16.7. The first-order valence-corrected chi connectivity index (χ1v) is 13.7. The van der Waals surface area contributed by atoms with Crippen molar-refractivity contribution >= 4 is 5.91 Å². The Morgan fingerprint density at radius 2 is 1.76 bits per heavy atom. The van der Waals surface area contributed by atoms with Gasteiger partial charge in [0.1, 0.15) is 11.5 Å². The summed E-state index contributed by atoms with van der Waals surface area (Å²) in [5, 5.41) is 0. The second-order valence-corrected chi connectivity index (χ2v) is 10.6. The predicted molar refractivity (Wildman–Crippen MR) is 148 cm³/mol. The molecule has 1 saturated heterocycles. The third-order valence-corrected chi connectivity index (χ3v) is 7.21. The monoisotopic (exact) mass is 515 g/mol. The third kappa shape index (κ3) is 6.60. The zero-order chi connectivity index (χ0) is 26.3. The van der Waals surface area contributed by atoms with Crippen molar-refractivity contribution in [3.63, 3.8) is 0 Å². The summed E-state index contributed by atoms with van der Waals surface area (Å²) in [4.78, 5) is 14.9. The van der Waals surface area contributed by atoms with Gasteiger partial charge in [-0.1, -0.05) is 50.2 Å². The zero-order valence-electron chi connectivity index (χ0n) is 22.4. The number of amides is 1. The molecule has 38 heavy (non-hydrogen) atoms. The molecule has 6 nitrogen and oxygen atoms in total. The number of hydrogen-bond acceptors (Lipinski definition) is 5. The Kier molecular flexibility index (Phi) is 8.37. The van der Waals surface area contributed by atoms with Crippen molar-refractivity contribution in [1.82, 2.24) is 4.90 Å². The first kappa shape index (κ1) is 26.0. The van der Waals surface area contributed by atoms with Gasteiger partial charge in [-0.3, -0.25) is 4.79 Å². The molecule has 2 aliphatic heterocycles. The highest BCUT2D eigenvalue weighted by molar-refractivity contribution is 5.78. The Morgan fingerprint density at radius 1 is 0.947 bits per heavy atom. The summed E-state index contributed by atoms with van der Waals surface area (Å²) in [6.07, 6.45) is 4.18. The average molecular weight is 516 g/mol. The summed E-state index contributed by atoms with van der Waals surface area (Å²) in [5.41, 5.74) is 3.24. The van der Waals surface area contributed by atoms with Gasteiger partial charge in [0, 0.05) is 18.7 Å². The maximum atomic E-state index is 13.0. The van der Waals surface area contributed by atoms with Crippen molar-refractivity contribution in [2.24, 2.45) is 11.8 Å². The van der Waals surface area contributed by atoms with Crippen molar-refractivity contribution in [2.45, 2.75) is 39.5 Å². The van der Waals surface area contributed by atoms with Crippen LogP contribution < -0.4 is 18.9 Å². The molecule has 3 aromatic rings. The van der Waals surface area contributed by atoms with Gasteiger partial charge >= 0.3 is 0 Å². The smallest absolute Gasteiger partial charge is 0.260 e. The van der Waals surface area contributed by atoms with Crippen molar-refractivity contribution in [3.05, 3.63) is 72.3 Å². The molecule has 6 heteroatoms. The van der Waals surface area contributed by atoms with Gasteiger partial charge in [0.25, 0.3) is 5.91 Å². The highest BCUT2D eigenvalue weighted by Gasteiger charge is 2.23. The molecule has 3 aromatic carbocycles. The van der Waals surface area contributed by atoms with Crippen molar-refractivity contribution in [2.75, 3.05) is 33.1 Å². The summed E-state index contributed by atoms with van der Waals surface area (Å²) in [6, 6.07) is 22.1. The molecule has 0 atom stereocenters. The van der Waals surface area contributed by atoms with Crippen LogP contribution in [-0.4, -0.2) is 43.9 Å². The fourth-order valence-corrected chi connectivity index (χ4v) is 5.02. The van der Waals surface area contributed by atoms with E-state index in [1.165, 1.54) is 5.56 Å². The number of hydrogen-bond donors (Lipinski definition) is 0. The molecule has 0 saturated carbocycles. The van der Waals surface area contributed by atoms with Gasteiger partial charge < -0.3 is 23.8 Å². The molecule has 2 aliphatic rings. The van der Waals surface area contributed by atoms with Crippen LogP contribution in [0.15, 0.2) is 66.7 Å². The van der Waals surface area contributed by atoms with E-state index in [1.807, 2.05) is 59.5 Å². The van der Waals surface area contributed by atoms with Gasteiger partial charge in [-0.25, -0.2) is 0 Å². The fourth-order valence-electron chi connectivity index (χ4n) is 5.02. The Balaban J connectivity index is 1.10. The standard InChI is InChI=1S/C32H37NO5/c1-23(2)20-35-27-7-5-6-26(19-27)28-8-3-4-9-29(28)36-21-32(34)33-16-14-24(15-17-33)10-11-25-12-13-30-31(18-25)38-22-37-30/h3-9,12-13,18-19,23-24H,10-11,14-17,20-22H2,1-2H3. The lowest BCUT2D eigenvalue weighted by atomic mass is 9.90. The van der Waals surface area contributed by atoms with Crippen LogP contribution in [0.25, 0.3) is 11.1 Å². The van der Waals surface area contributed by atoms with Crippen molar-refractivity contribution < 1.29 is 23.7 Å². The lowest BCUT2D eigenvalue weighted by molar-refractivity contribution is -0.134. The number of fused-ring (bicyclic) bond motifs is 1. The van der Waals surface area contributed by atoms with E-state index in [-0.39, 0.29) is 12.5 Å². The number of likely N-dealkylation sites (tertiary alicyclic amines) is 1. The van der Waals surface area contributed by atoms with E-state index < -0.39 is 0 Å². The van der Waals surface area contributed by atoms with Gasteiger partial charge in [0.2, 0.25) is 6.79 Å². The molecular formula is C32H37NO5. The quantitative estimate of drug-likeness (QED) is 0.314. The molecule has 5 rings (SSSR count). The number of carbonyl (C=O) groups is 1. The van der Waals surface area contributed by atoms with Gasteiger partial charge in [-0.05, 0) is 79.0 Å². The molecule has 1 fully saturated rings. The number of ether oxygens (including phenoxy) is 4. The Bertz CT molecular complexity index is 1230. The van der Waals surface area contributed by atoms with E-state index in [9.17, 15) is 4.79 Å². The van der Waals surface area contributed by atoms with E-state index >= 15 is 0 Å². The number of nitrogens with zero attached hydrogens (tertiary/aromatic N) is 1. The minimum absolute atomic E-state index is 0.0441. The number of para-hydroxylation sites is 1. The summed E-state index contributed by atoms with van der Waals surface area (Å²) in [5.74, 6) is 4.34. The molecule has 0 unspecified atom stereocenters. The molecule has 0 aliphatic carbocycles. The minimum Gasteiger partial charge on any atom is -0.493 e. The molecule has 1 amide bonds. The van der Waals surface area contributed by atoms with Crippen LogP contribution in [0, 0.1) is 11.8 Å². The van der Waals surface area contributed by atoms with Crippen LogP contribution in [0.5, 0.6) is 23.0 Å². The summed E-state index contributed by atoms with van der Waals surface area (Å²) < 4.78 is 22.9. The third-order valence-electron chi connectivity index (χ3n) is 7.21. The maximum absolute atomic E-state index is 13.0. The van der Waals surface area contributed by atoms with E-state index in [0.717, 1.165) is 67.1 Å². The minimum atomic E-state index is 0.0441. The summed E-state index contributed by atoms with van der Waals surface area (Å²) >= 11 is 0. The van der Waals surface area contributed by atoms with E-state index in [0.29, 0.717) is 31.0 Å². The lowest BCUT2D eigenvalue weighted by Crippen LogP contribution is -2.41. The van der Waals surface area contributed by atoms with Crippen LogP contribution >= 0.6 is 0 Å². The second kappa shape index (κ2) is 12.2. The van der Waals surface area contributed by atoms with E-state index in [4.69, 9.17) is 18.9 Å². The molecule has 0 radical (unpaired) electrons. The summed E-state index contributed by atoms with van der Waals surface area (Å²) in [7, 11) is 0. The number of rotatable bonds is 10. The summed E-state index contributed by atoms with van der Waals surface area (Å²) in [6.45, 7) is 6.85. The van der Waals surface area contributed by atoms with Gasteiger partial charge in [0.05, 0.1) is 6.61 Å². The SMILES string of the molecule is CC(C)COc1cccc(-c2ccccc2OCC(=O)N2CCC(CCc3ccc4c(c3)OCO4)CC2)c1. The largest absolute Gasteiger partial charge is 0.493 e.